The van der Waals surface area contributed by atoms with E-state index < -0.39 is 5.54 Å². The molecule has 0 aliphatic heterocycles. The van der Waals surface area contributed by atoms with Crippen LogP contribution >= 0.6 is 11.3 Å². The number of hydrogen-bond donors (Lipinski definition) is 1. The molecule has 1 heterocycles. The van der Waals surface area contributed by atoms with E-state index in [1.165, 1.54) is 12.0 Å². The van der Waals surface area contributed by atoms with Gasteiger partial charge in [0.05, 0.1) is 5.54 Å². The zero-order valence-electron chi connectivity index (χ0n) is 11.3. The third-order valence-corrected chi connectivity index (χ3v) is 5.09. The van der Waals surface area contributed by atoms with Gasteiger partial charge in [0.15, 0.2) is 0 Å². The molecule has 0 unspecified atom stereocenters. The molecule has 1 aromatic rings. The van der Waals surface area contributed by atoms with Gasteiger partial charge in [-0.1, -0.05) is 19.3 Å². The summed E-state index contributed by atoms with van der Waals surface area (Å²) >= 11 is 1.69. The lowest BCUT2D eigenvalue weighted by Crippen LogP contribution is -2.56. The average molecular weight is 278 g/mol. The van der Waals surface area contributed by atoms with Gasteiger partial charge in [0.2, 0.25) is 5.91 Å². The maximum absolute atomic E-state index is 12.8. The first-order valence-electron chi connectivity index (χ1n) is 7.30. The largest absolute Gasteiger partial charge is 0.334 e. The van der Waals surface area contributed by atoms with Crippen LogP contribution in [0.25, 0.3) is 0 Å². The summed E-state index contributed by atoms with van der Waals surface area (Å²) in [6.07, 6.45) is 7.42. The van der Waals surface area contributed by atoms with Gasteiger partial charge in [-0.3, -0.25) is 4.79 Å². The molecule has 3 nitrogen and oxygen atoms in total. The molecule has 1 amide bonds. The number of amides is 1. The topological polar surface area (TPSA) is 46.3 Å². The first-order chi connectivity index (χ1) is 9.19. The number of thiophene rings is 1. The summed E-state index contributed by atoms with van der Waals surface area (Å²) in [7, 11) is 0. The molecular formula is C15H22N2OS. The maximum atomic E-state index is 12.8. The number of nitrogens with two attached hydrogens (primary N) is 1. The van der Waals surface area contributed by atoms with Gasteiger partial charge < -0.3 is 10.6 Å². The van der Waals surface area contributed by atoms with Crippen LogP contribution in [0.15, 0.2) is 16.8 Å². The highest BCUT2D eigenvalue weighted by Crippen LogP contribution is 2.34. The molecule has 104 valence electrons. The van der Waals surface area contributed by atoms with Crippen LogP contribution in [0.4, 0.5) is 0 Å². The van der Waals surface area contributed by atoms with Crippen LogP contribution < -0.4 is 5.73 Å². The zero-order valence-corrected chi connectivity index (χ0v) is 12.1. The molecule has 2 aliphatic carbocycles. The Labute approximate surface area is 118 Å². The zero-order chi connectivity index (χ0) is 13.3. The van der Waals surface area contributed by atoms with Crippen LogP contribution in [-0.4, -0.2) is 22.4 Å². The molecule has 0 bridgehead atoms. The van der Waals surface area contributed by atoms with Crippen molar-refractivity contribution in [3.8, 4) is 0 Å². The number of hydrogen-bond acceptors (Lipinski definition) is 3. The summed E-state index contributed by atoms with van der Waals surface area (Å²) in [5, 5.41) is 4.20. The summed E-state index contributed by atoms with van der Waals surface area (Å²) in [5.41, 5.74) is 7.06. The highest BCUT2D eigenvalue weighted by atomic mass is 32.1. The maximum Gasteiger partial charge on any atom is 0.243 e. The van der Waals surface area contributed by atoms with E-state index in [-0.39, 0.29) is 5.91 Å². The van der Waals surface area contributed by atoms with Gasteiger partial charge in [0.1, 0.15) is 0 Å². The van der Waals surface area contributed by atoms with Crippen molar-refractivity contribution in [2.24, 2.45) is 5.73 Å². The van der Waals surface area contributed by atoms with Gasteiger partial charge in [-0.05, 0) is 48.1 Å². The standard InChI is InChI=1S/C15H22N2OS/c16-15(7-2-1-3-8-15)14(18)17(13-4-5-13)10-12-6-9-19-11-12/h6,9,11,13H,1-5,7-8,10,16H2. The molecule has 2 fully saturated rings. The fraction of sp³-hybridized carbons (Fsp3) is 0.667. The molecule has 0 radical (unpaired) electrons. The lowest BCUT2D eigenvalue weighted by Gasteiger charge is -2.37. The molecule has 4 heteroatoms. The lowest BCUT2D eigenvalue weighted by atomic mass is 9.81. The summed E-state index contributed by atoms with van der Waals surface area (Å²) < 4.78 is 0. The van der Waals surface area contributed by atoms with Gasteiger partial charge in [0, 0.05) is 12.6 Å². The second-order valence-electron chi connectivity index (χ2n) is 6.01. The van der Waals surface area contributed by atoms with Crippen molar-refractivity contribution in [2.45, 2.75) is 63.1 Å². The van der Waals surface area contributed by atoms with Crippen LogP contribution in [0.3, 0.4) is 0 Å². The van der Waals surface area contributed by atoms with Crippen molar-refractivity contribution in [1.82, 2.24) is 4.90 Å². The van der Waals surface area contributed by atoms with Gasteiger partial charge in [-0.2, -0.15) is 11.3 Å². The average Bonchev–Trinajstić information content (AvgIpc) is 3.13. The molecule has 1 aromatic heterocycles. The van der Waals surface area contributed by atoms with Crippen LogP contribution in [0.2, 0.25) is 0 Å². The summed E-state index contributed by atoms with van der Waals surface area (Å²) in [4.78, 5) is 14.9. The van der Waals surface area contributed by atoms with Crippen LogP contribution in [-0.2, 0) is 11.3 Å². The number of rotatable bonds is 4. The molecule has 0 atom stereocenters. The van der Waals surface area contributed by atoms with Crippen molar-refractivity contribution < 1.29 is 4.79 Å². The second kappa shape index (κ2) is 5.25. The minimum absolute atomic E-state index is 0.195. The Morgan fingerprint density at radius 1 is 1.37 bits per heavy atom. The van der Waals surface area contributed by atoms with E-state index in [0.29, 0.717) is 6.04 Å². The predicted octanol–water partition coefficient (Wildman–Crippen LogP) is 2.90. The van der Waals surface area contributed by atoms with E-state index in [4.69, 9.17) is 5.73 Å². The molecule has 19 heavy (non-hydrogen) atoms. The molecule has 2 saturated carbocycles. The first-order valence-corrected chi connectivity index (χ1v) is 8.24. The second-order valence-corrected chi connectivity index (χ2v) is 6.79. The Bertz CT molecular complexity index is 433. The summed E-state index contributed by atoms with van der Waals surface area (Å²) in [6, 6.07) is 2.55. The van der Waals surface area contributed by atoms with Crippen LogP contribution in [0.1, 0.15) is 50.5 Å². The Kier molecular flexibility index (Phi) is 3.63. The minimum Gasteiger partial charge on any atom is -0.334 e. The predicted molar refractivity (Wildman–Crippen MR) is 77.9 cm³/mol. The van der Waals surface area contributed by atoms with Crippen molar-refractivity contribution >= 4 is 17.2 Å². The summed E-state index contributed by atoms with van der Waals surface area (Å²) in [5.74, 6) is 0.195. The van der Waals surface area contributed by atoms with E-state index in [0.717, 1.165) is 45.1 Å². The monoisotopic (exact) mass is 278 g/mol. The van der Waals surface area contributed by atoms with Gasteiger partial charge in [-0.15, -0.1) is 0 Å². The van der Waals surface area contributed by atoms with E-state index in [1.54, 1.807) is 11.3 Å². The fourth-order valence-corrected chi connectivity index (χ4v) is 3.67. The van der Waals surface area contributed by atoms with Crippen LogP contribution in [0, 0.1) is 0 Å². The van der Waals surface area contributed by atoms with Crippen molar-refractivity contribution in [3.05, 3.63) is 22.4 Å². The molecule has 0 aromatic carbocycles. The lowest BCUT2D eigenvalue weighted by molar-refractivity contribution is -0.139. The van der Waals surface area contributed by atoms with E-state index >= 15 is 0 Å². The van der Waals surface area contributed by atoms with Gasteiger partial charge >= 0.3 is 0 Å². The number of carbonyl (C=O) groups excluding carboxylic acids is 1. The SMILES string of the molecule is NC1(C(=O)N(Cc2ccsc2)C2CC2)CCCCC1. The Morgan fingerprint density at radius 2 is 2.11 bits per heavy atom. The third-order valence-electron chi connectivity index (χ3n) is 4.35. The number of carbonyl (C=O) groups is 1. The molecule has 2 N–H and O–H groups in total. The van der Waals surface area contributed by atoms with E-state index in [2.05, 4.69) is 16.8 Å². The number of nitrogens with zero attached hydrogens (tertiary/aromatic N) is 1. The van der Waals surface area contributed by atoms with Crippen molar-refractivity contribution in [1.29, 1.82) is 0 Å². The van der Waals surface area contributed by atoms with Crippen LogP contribution in [0.5, 0.6) is 0 Å². The summed E-state index contributed by atoms with van der Waals surface area (Å²) in [6.45, 7) is 0.742. The smallest absolute Gasteiger partial charge is 0.243 e. The normalized spacial score (nSPS) is 22.2. The van der Waals surface area contributed by atoms with Crippen molar-refractivity contribution in [3.63, 3.8) is 0 Å². The molecule has 3 rings (SSSR count). The highest BCUT2D eigenvalue weighted by Gasteiger charge is 2.43. The first kappa shape index (κ1) is 13.1. The fourth-order valence-electron chi connectivity index (χ4n) is 3.01. The van der Waals surface area contributed by atoms with Crippen molar-refractivity contribution in [2.75, 3.05) is 0 Å². The highest BCUT2D eigenvalue weighted by molar-refractivity contribution is 7.07. The molecule has 0 spiro atoms. The molecular weight excluding hydrogens is 256 g/mol. The van der Waals surface area contributed by atoms with E-state index in [9.17, 15) is 4.79 Å². The third kappa shape index (κ3) is 2.84. The van der Waals surface area contributed by atoms with Gasteiger partial charge in [-0.25, -0.2) is 0 Å². The van der Waals surface area contributed by atoms with E-state index in [1.807, 2.05) is 4.90 Å². The quantitative estimate of drug-likeness (QED) is 0.920. The van der Waals surface area contributed by atoms with Gasteiger partial charge in [0.25, 0.3) is 0 Å². The Hall–Kier alpha value is -0.870. The Balaban J connectivity index is 1.74. The molecule has 2 aliphatic rings. The Morgan fingerprint density at radius 3 is 2.68 bits per heavy atom. The molecule has 0 saturated heterocycles. The minimum atomic E-state index is -0.586.